The number of benzene rings is 1. The van der Waals surface area contributed by atoms with Crippen molar-refractivity contribution >= 4 is 17.2 Å². The van der Waals surface area contributed by atoms with Gasteiger partial charge < -0.3 is 4.90 Å². The maximum absolute atomic E-state index is 12.4. The summed E-state index contributed by atoms with van der Waals surface area (Å²) in [6.07, 6.45) is 0.965. The predicted octanol–water partition coefficient (Wildman–Crippen LogP) is 3.26. The molecule has 2 nitrogen and oxygen atoms in total. The minimum absolute atomic E-state index is 0.178. The third-order valence-corrected chi connectivity index (χ3v) is 4.48. The molecule has 0 aliphatic carbocycles. The molecule has 0 radical (unpaired) electrons. The van der Waals surface area contributed by atoms with Gasteiger partial charge in [-0.05, 0) is 41.5 Å². The molecular weight excluding hydrogens is 242 g/mol. The van der Waals surface area contributed by atoms with Gasteiger partial charge in [0.05, 0.1) is 4.88 Å². The highest BCUT2D eigenvalue weighted by Gasteiger charge is 2.23. The Bertz CT molecular complexity index is 588. The van der Waals surface area contributed by atoms with E-state index >= 15 is 0 Å². The monoisotopic (exact) mass is 257 g/mol. The summed E-state index contributed by atoms with van der Waals surface area (Å²) in [4.78, 5) is 15.3. The van der Waals surface area contributed by atoms with Crippen LogP contribution in [-0.2, 0) is 13.0 Å². The van der Waals surface area contributed by atoms with Crippen molar-refractivity contribution in [1.82, 2.24) is 4.90 Å². The molecule has 0 fully saturated rings. The summed E-state index contributed by atoms with van der Waals surface area (Å²) in [5.74, 6) is 0.178. The Kier molecular flexibility index (Phi) is 2.92. The summed E-state index contributed by atoms with van der Waals surface area (Å²) in [7, 11) is 0. The van der Waals surface area contributed by atoms with Crippen LogP contribution in [0.25, 0.3) is 0 Å². The Balaban J connectivity index is 1.84. The van der Waals surface area contributed by atoms with Gasteiger partial charge in [-0.3, -0.25) is 4.79 Å². The van der Waals surface area contributed by atoms with Crippen LogP contribution in [0.1, 0.15) is 26.4 Å². The predicted molar refractivity (Wildman–Crippen MR) is 73.9 cm³/mol. The molecular formula is C15H15NOS. The summed E-state index contributed by atoms with van der Waals surface area (Å²) < 4.78 is 0. The summed E-state index contributed by atoms with van der Waals surface area (Å²) in [5, 5.41) is 1.99. The minimum Gasteiger partial charge on any atom is -0.333 e. The largest absolute Gasteiger partial charge is 0.333 e. The van der Waals surface area contributed by atoms with Crippen LogP contribution < -0.4 is 0 Å². The quantitative estimate of drug-likeness (QED) is 0.768. The van der Waals surface area contributed by atoms with Crippen LogP contribution >= 0.6 is 11.3 Å². The van der Waals surface area contributed by atoms with Crippen LogP contribution in [0.5, 0.6) is 0 Å². The Morgan fingerprint density at radius 2 is 2.00 bits per heavy atom. The van der Waals surface area contributed by atoms with Crippen molar-refractivity contribution in [2.24, 2.45) is 0 Å². The van der Waals surface area contributed by atoms with Crippen LogP contribution in [0.15, 0.2) is 35.7 Å². The minimum atomic E-state index is 0.178. The molecule has 0 spiro atoms. The van der Waals surface area contributed by atoms with Crippen LogP contribution in [-0.4, -0.2) is 17.4 Å². The lowest BCUT2D eigenvalue weighted by atomic mass is 10.00. The molecule has 1 aliphatic rings. The maximum atomic E-state index is 12.4. The first kappa shape index (κ1) is 11.5. The van der Waals surface area contributed by atoms with E-state index in [1.54, 1.807) is 11.3 Å². The number of nitrogens with zero attached hydrogens (tertiary/aromatic N) is 1. The van der Waals surface area contributed by atoms with Gasteiger partial charge in [-0.15, -0.1) is 11.3 Å². The zero-order valence-electron chi connectivity index (χ0n) is 10.3. The maximum Gasteiger partial charge on any atom is 0.264 e. The number of rotatable bonds is 1. The zero-order valence-corrected chi connectivity index (χ0v) is 11.2. The topological polar surface area (TPSA) is 20.3 Å². The Morgan fingerprint density at radius 3 is 2.72 bits per heavy atom. The number of hydrogen-bond donors (Lipinski definition) is 0. The Morgan fingerprint density at radius 1 is 1.22 bits per heavy atom. The number of carbonyl (C=O) groups excluding carboxylic acids is 1. The van der Waals surface area contributed by atoms with Crippen LogP contribution in [0.2, 0.25) is 0 Å². The normalized spacial score (nSPS) is 14.4. The molecule has 3 heteroatoms. The number of aryl methyl sites for hydroxylation is 1. The van der Waals surface area contributed by atoms with Crippen molar-refractivity contribution < 1.29 is 4.79 Å². The molecule has 1 aliphatic heterocycles. The average molecular weight is 257 g/mol. The van der Waals surface area contributed by atoms with Gasteiger partial charge >= 0.3 is 0 Å². The lowest BCUT2D eigenvalue weighted by Gasteiger charge is -2.28. The third-order valence-electron chi connectivity index (χ3n) is 3.47. The number of thiophene rings is 1. The molecule has 0 saturated carbocycles. The van der Waals surface area contributed by atoms with Gasteiger partial charge in [0.15, 0.2) is 0 Å². The Hall–Kier alpha value is -1.61. The molecule has 0 unspecified atom stereocenters. The SMILES string of the molecule is Cc1ccsc1C(=O)N1CCc2ccccc2C1. The number of amides is 1. The van der Waals surface area contributed by atoms with Crippen molar-refractivity contribution in [2.45, 2.75) is 19.9 Å². The van der Waals surface area contributed by atoms with Gasteiger partial charge in [0.2, 0.25) is 0 Å². The van der Waals surface area contributed by atoms with E-state index in [-0.39, 0.29) is 5.91 Å². The molecule has 1 aromatic heterocycles. The molecule has 0 N–H and O–H groups in total. The first-order valence-corrected chi connectivity index (χ1v) is 7.04. The van der Waals surface area contributed by atoms with Gasteiger partial charge in [0, 0.05) is 13.1 Å². The van der Waals surface area contributed by atoms with E-state index in [2.05, 4.69) is 18.2 Å². The van der Waals surface area contributed by atoms with Gasteiger partial charge in [-0.2, -0.15) is 0 Å². The fourth-order valence-corrected chi connectivity index (χ4v) is 3.30. The summed E-state index contributed by atoms with van der Waals surface area (Å²) >= 11 is 1.54. The molecule has 0 atom stereocenters. The molecule has 2 aromatic rings. The lowest BCUT2D eigenvalue weighted by Crippen LogP contribution is -2.35. The van der Waals surface area contributed by atoms with Crippen LogP contribution in [0.3, 0.4) is 0 Å². The van der Waals surface area contributed by atoms with E-state index in [1.807, 2.05) is 29.3 Å². The molecule has 0 bridgehead atoms. The number of fused-ring (bicyclic) bond motifs is 1. The molecule has 1 aromatic carbocycles. The van der Waals surface area contributed by atoms with E-state index in [1.165, 1.54) is 11.1 Å². The van der Waals surface area contributed by atoms with E-state index in [0.29, 0.717) is 0 Å². The lowest BCUT2D eigenvalue weighted by molar-refractivity contribution is 0.0739. The zero-order chi connectivity index (χ0) is 12.5. The second-order valence-corrected chi connectivity index (χ2v) is 5.59. The van der Waals surface area contributed by atoms with Crippen molar-refractivity contribution in [2.75, 3.05) is 6.54 Å². The van der Waals surface area contributed by atoms with Crippen LogP contribution in [0, 0.1) is 6.92 Å². The van der Waals surface area contributed by atoms with Gasteiger partial charge in [0.1, 0.15) is 0 Å². The highest BCUT2D eigenvalue weighted by atomic mass is 32.1. The van der Waals surface area contributed by atoms with E-state index in [9.17, 15) is 4.79 Å². The Labute approximate surface area is 111 Å². The first-order chi connectivity index (χ1) is 8.75. The average Bonchev–Trinajstić information content (AvgIpc) is 2.83. The highest BCUT2D eigenvalue weighted by Crippen LogP contribution is 2.23. The van der Waals surface area contributed by atoms with Crippen molar-refractivity contribution in [3.63, 3.8) is 0 Å². The van der Waals surface area contributed by atoms with E-state index in [4.69, 9.17) is 0 Å². The second-order valence-electron chi connectivity index (χ2n) is 4.68. The third kappa shape index (κ3) is 1.95. The standard InChI is InChI=1S/C15H15NOS/c1-11-7-9-18-14(11)15(17)16-8-6-12-4-2-3-5-13(12)10-16/h2-5,7,9H,6,8,10H2,1H3. The first-order valence-electron chi connectivity index (χ1n) is 6.16. The highest BCUT2D eigenvalue weighted by molar-refractivity contribution is 7.12. The smallest absolute Gasteiger partial charge is 0.264 e. The fourth-order valence-electron chi connectivity index (χ4n) is 2.40. The fraction of sp³-hybridized carbons (Fsp3) is 0.267. The second kappa shape index (κ2) is 4.58. The molecule has 3 rings (SSSR count). The summed E-state index contributed by atoms with van der Waals surface area (Å²) in [5.41, 5.74) is 3.75. The molecule has 18 heavy (non-hydrogen) atoms. The molecule has 92 valence electrons. The molecule has 0 saturated heterocycles. The van der Waals surface area contributed by atoms with Gasteiger partial charge in [0.25, 0.3) is 5.91 Å². The number of carbonyl (C=O) groups is 1. The van der Waals surface area contributed by atoms with Crippen LogP contribution in [0.4, 0.5) is 0 Å². The summed E-state index contributed by atoms with van der Waals surface area (Å²) in [6, 6.07) is 10.4. The van der Waals surface area contributed by atoms with Crippen molar-refractivity contribution in [3.8, 4) is 0 Å². The molecule has 1 amide bonds. The molecule has 2 heterocycles. The van der Waals surface area contributed by atoms with Crippen molar-refractivity contribution in [1.29, 1.82) is 0 Å². The number of hydrogen-bond acceptors (Lipinski definition) is 2. The summed E-state index contributed by atoms with van der Waals surface area (Å²) in [6.45, 7) is 3.57. The van der Waals surface area contributed by atoms with E-state index in [0.717, 1.165) is 30.0 Å². The van der Waals surface area contributed by atoms with Gasteiger partial charge in [-0.1, -0.05) is 24.3 Å². The van der Waals surface area contributed by atoms with E-state index < -0.39 is 0 Å². The van der Waals surface area contributed by atoms with Gasteiger partial charge in [-0.25, -0.2) is 0 Å². The van der Waals surface area contributed by atoms with Crippen molar-refractivity contribution in [3.05, 3.63) is 57.3 Å².